The van der Waals surface area contributed by atoms with Gasteiger partial charge in [-0.05, 0) is 6.92 Å². The molecule has 0 spiro atoms. The molecule has 2 unspecified atom stereocenters. The molecule has 1 aliphatic rings. The number of aliphatic hydroxyl groups is 1. The summed E-state index contributed by atoms with van der Waals surface area (Å²) in [7, 11) is 0. The Kier molecular flexibility index (Phi) is 2.69. The van der Waals surface area contributed by atoms with Gasteiger partial charge in [0.05, 0.1) is 31.1 Å². The Hall–Kier alpha value is -1.07. The molecule has 2 heterocycles. The van der Waals surface area contributed by atoms with Gasteiger partial charge in [-0.25, -0.2) is 0 Å². The van der Waals surface area contributed by atoms with Crippen molar-refractivity contribution in [2.24, 2.45) is 0 Å². The zero-order valence-electron chi connectivity index (χ0n) is 8.18. The Morgan fingerprint density at radius 1 is 1.71 bits per heavy atom. The van der Waals surface area contributed by atoms with Gasteiger partial charge in [0.2, 0.25) is 0 Å². The summed E-state index contributed by atoms with van der Waals surface area (Å²) in [6.07, 6.45) is 3.14. The van der Waals surface area contributed by atoms with E-state index in [4.69, 9.17) is 4.74 Å². The minimum absolute atomic E-state index is 0.0317. The lowest BCUT2D eigenvalue weighted by atomic mass is 10.2. The predicted molar refractivity (Wildman–Crippen MR) is 51.3 cm³/mol. The maximum Gasteiger partial charge on any atom is 0.157 e. The second-order valence-electron chi connectivity index (χ2n) is 3.38. The molecule has 5 heteroatoms. The average Bonchev–Trinajstić information content (AvgIpc) is 2.74. The zero-order valence-corrected chi connectivity index (χ0v) is 8.18. The molecule has 0 radical (unpaired) electrons. The highest BCUT2D eigenvalue weighted by Gasteiger charge is 2.27. The largest absolute Gasteiger partial charge is 0.491 e. The van der Waals surface area contributed by atoms with E-state index in [1.54, 1.807) is 10.9 Å². The van der Waals surface area contributed by atoms with Crippen LogP contribution in [0.25, 0.3) is 0 Å². The van der Waals surface area contributed by atoms with Crippen molar-refractivity contribution in [3.05, 3.63) is 12.4 Å². The van der Waals surface area contributed by atoms with Crippen LogP contribution in [-0.2, 0) is 0 Å². The number of nitrogens with zero attached hydrogens (tertiary/aromatic N) is 2. The molecular weight excluding hydrogens is 182 g/mol. The first kappa shape index (κ1) is 9.48. The van der Waals surface area contributed by atoms with E-state index in [1.165, 1.54) is 0 Å². The summed E-state index contributed by atoms with van der Waals surface area (Å²) in [5, 5.41) is 16.9. The van der Waals surface area contributed by atoms with Gasteiger partial charge in [-0.1, -0.05) is 0 Å². The monoisotopic (exact) mass is 197 g/mol. The van der Waals surface area contributed by atoms with E-state index in [9.17, 15) is 5.11 Å². The molecular formula is C9H15N3O2. The van der Waals surface area contributed by atoms with Crippen LogP contribution in [0.1, 0.15) is 13.0 Å². The van der Waals surface area contributed by atoms with Gasteiger partial charge in [-0.3, -0.25) is 4.68 Å². The van der Waals surface area contributed by atoms with Crippen LogP contribution in [0.2, 0.25) is 0 Å². The van der Waals surface area contributed by atoms with E-state index in [0.717, 1.165) is 12.3 Å². The summed E-state index contributed by atoms with van der Waals surface area (Å²) in [5.41, 5.74) is 0. The van der Waals surface area contributed by atoms with Gasteiger partial charge in [0.15, 0.2) is 5.75 Å². The molecule has 2 N–H and O–H groups in total. The van der Waals surface area contributed by atoms with E-state index < -0.39 is 0 Å². The number of ether oxygens (including phenoxy) is 1. The van der Waals surface area contributed by atoms with E-state index >= 15 is 0 Å². The van der Waals surface area contributed by atoms with Crippen LogP contribution in [0.3, 0.4) is 0 Å². The first-order valence-corrected chi connectivity index (χ1v) is 4.87. The lowest BCUT2D eigenvalue weighted by Crippen LogP contribution is -2.22. The van der Waals surface area contributed by atoms with Crippen LogP contribution in [0, 0.1) is 0 Å². The summed E-state index contributed by atoms with van der Waals surface area (Å²) in [4.78, 5) is 0. The van der Waals surface area contributed by atoms with E-state index in [2.05, 4.69) is 10.4 Å². The fraction of sp³-hybridized carbons (Fsp3) is 0.667. The molecule has 0 amide bonds. The third kappa shape index (κ3) is 1.73. The molecule has 0 bridgehead atoms. The number of aliphatic hydroxyl groups excluding tert-OH is 1. The van der Waals surface area contributed by atoms with Crippen LogP contribution in [-0.4, -0.2) is 40.7 Å². The molecule has 5 nitrogen and oxygen atoms in total. The molecule has 1 aromatic rings. The van der Waals surface area contributed by atoms with Crippen LogP contribution in [0.5, 0.6) is 5.75 Å². The fourth-order valence-electron chi connectivity index (χ4n) is 1.66. The number of rotatable bonds is 3. The highest BCUT2D eigenvalue weighted by atomic mass is 16.5. The normalized spacial score (nSPS) is 26.7. The molecule has 1 aliphatic heterocycles. The zero-order chi connectivity index (χ0) is 9.97. The Labute approximate surface area is 82.7 Å². The fourth-order valence-corrected chi connectivity index (χ4v) is 1.66. The summed E-state index contributed by atoms with van der Waals surface area (Å²) in [5.74, 6) is 0.756. The molecule has 0 saturated carbocycles. The third-order valence-electron chi connectivity index (χ3n) is 2.38. The van der Waals surface area contributed by atoms with Crippen molar-refractivity contribution in [1.82, 2.24) is 15.1 Å². The van der Waals surface area contributed by atoms with E-state index in [1.807, 2.05) is 13.1 Å². The van der Waals surface area contributed by atoms with E-state index in [0.29, 0.717) is 13.2 Å². The van der Waals surface area contributed by atoms with E-state index in [-0.39, 0.29) is 12.1 Å². The molecule has 1 fully saturated rings. The standard InChI is InChI=1S/C9H15N3O2/c1-2-14-7-3-11-12(6-7)8-4-10-5-9(8)13/h3,6,8-10,13H,2,4-5H2,1H3. The van der Waals surface area contributed by atoms with Crippen molar-refractivity contribution in [2.75, 3.05) is 19.7 Å². The first-order valence-electron chi connectivity index (χ1n) is 4.87. The van der Waals surface area contributed by atoms with Gasteiger partial charge in [0.25, 0.3) is 0 Å². The Balaban J connectivity index is 2.08. The lowest BCUT2D eigenvalue weighted by Gasteiger charge is -2.12. The number of hydrogen-bond acceptors (Lipinski definition) is 4. The van der Waals surface area contributed by atoms with Gasteiger partial charge in [0.1, 0.15) is 0 Å². The molecule has 1 saturated heterocycles. The van der Waals surface area contributed by atoms with Crippen molar-refractivity contribution in [3.63, 3.8) is 0 Å². The van der Waals surface area contributed by atoms with Gasteiger partial charge in [-0.15, -0.1) is 0 Å². The Morgan fingerprint density at radius 2 is 2.57 bits per heavy atom. The van der Waals surface area contributed by atoms with Gasteiger partial charge >= 0.3 is 0 Å². The summed E-state index contributed by atoms with van der Waals surface area (Å²) in [6.45, 7) is 3.96. The number of hydrogen-bond donors (Lipinski definition) is 2. The second kappa shape index (κ2) is 3.98. The lowest BCUT2D eigenvalue weighted by molar-refractivity contribution is 0.144. The quantitative estimate of drug-likeness (QED) is 0.703. The summed E-state index contributed by atoms with van der Waals surface area (Å²) >= 11 is 0. The molecule has 0 aromatic carbocycles. The third-order valence-corrected chi connectivity index (χ3v) is 2.38. The molecule has 78 valence electrons. The summed E-state index contributed by atoms with van der Waals surface area (Å²) in [6, 6.07) is 0.0317. The average molecular weight is 197 g/mol. The molecule has 0 aliphatic carbocycles. The molecule has 14 heavy (non-hydrogen) atoms. The van der Waals surface area contributed by atoms with Crippen LogP contribution in [0.15, 0.2) is 12.4 Å². The Bertz CT molecular complexity index is 300. The van der Waals surface area contributed by atoms with Crippen molar-refractivity contribution in [1.29, 1.82) is 0 Å². The first-order chi connectivity index (χ1) is 6.81. The SMILES string of the molecule is CCOc1cnn(C2CNCC2O)c1. The highest BCUT2D eigenvalue weighted by Crippen LogP contribution is 2.18. The van der Waals surface area contributed by atoms with Gasteiger partial charge in [0, 0.05) is 13.1 Å². The van der Waals surface area contributed by atoms with Gasteiger partial charge in [-0.2, -0.15) is 5.10 Å². The predicted octanol–water partition coefficient (Wildman–Crippen LogP) is -0.213. The number of nitrogens with one attached hydrogen (secondary N) is 1. The maximum atomic E-state index is 9.62. The van der Waals surface area contributed by atoms with Crippen LogP contribution < -0.4 is 10.1 Å². The summed E-state index contributed by atoms with van der Waals surface area (Å²) < 4.78 is 7.06. The minimum Gasteiger partial charge on any atom is -0.491 e. The molecule has 2 rings (SSSR count). The van der Waals surface area contributed by atoms with Crippen molar-refractivity contribution >= 4 is 0 Å². The van der Waals surface area contributed by atoms with Crippen molar-refractivity contribution < 1.29 is 9.84 Å². The number of β-amino-alcohol motifs (C(OH)–C–C–N with tert-alkyl or cyclic N) is 1. The number of aromatic nitrogens is 2. The maximum absolute atomic E-state index is 9.62. The van der Waals surface area contributed by atoms with Crippen LogP contribution in [0.4, 0.5) is 0 Å². The van der Waals surface area contributed by atoms with Crippen molar-refractivity contribution in [2.45, 2.75) is 19.1 Å². The smallest absolute Gasteiger partial charge is 0.157 e. The molecule has 1 aromatic heterocycles. The van der Waals surface area contributed by atoms with Gasteiger partial charge < -0.3 is 15.2 Å². The topological polar surface area (TPSA) is 59.3 Å². The van der Waals surface area contributed by atoms with Crippen LogP contribution >= 0.6 is 0 Å². The minimum atomic E-state index is -0.357. The van der Waals surface area contributed by atoms with Crippen molar-refractivity contribution in [3.8, 4) is 5.75 Å². The molecule has 2 atom stereocenters. The highest BCUT2D eigenvalue weighted by molar-refractivity contribution is 5.12. The Morgan fingerprint density at radius 3 is 3.21 bits per heavy atom. The second-order valence-corrected chi connectivity index (χ2v) is 3.38.